The Bertz CT molecular complexity index is 613. The van der Waals surface area contributed by atoms with Crippen LogP contribution in [-0.2, 0) is 17.9 Å². The lowest BCUT2D eigenvalue weighted by Gasteiger charge is -2.11. The molecule has 2 rings (SSSR count). The van der Waals surface area contributed by atoms with Crippen molar-refractivity contribution in [2.45, 2.75) is 20.1 Å². The number of ether oxygens (including phenoxy) is 1. The molecule has 0 saturated heterocycles. The normalized spacial score (nSPS) is 10.4. The number of carbonyl (C=O) groups is 1. The van der Waals surface area contributed by atoms with Gasteiger partial charge in [0.2, 0.25) is 0 Å². The van der Waals surface area contributed by atoms with Gasteiger partial charge in [-0.15, -0.1) is 0 Å². The van der Waals surface area contributed by atoms with Crippen LogP contribution in [0.4, 0.5) is 0 Å². The zero-order chi connectivity index (χ0) is 15.1. The van der Waals surface area contributed by atoms with Crippen LogP contribution in [0.1, 0.15) is 28.4 Å². The molecule has 1 amide bonds. The first-order chi connectivity index (χ1) is 10.2. The first-order valence-corrected chi connectivity index (χ1v) is 7.27. The Morgan fingerprint density at radius 3 is 2.48 bits per heavy atom. The first-order valence-electron chi connectivity index (χ1n) is 6.89. The minimum absolute atomic E-state index is 0.174. The predicted molar refractivity (Wildman–Crippen MR) is 84.4 cm³/mol. The maximum Gasteiger partial charge on any atom is 0.253 e. The van der Waals surface area contributed by atoms with Gasteiger partial charge in [-0.1, -0.05) is 48.0 Å². The Hall–Kier alpha value is -1.84. The van der Waals surface area contributed by atoms with Gasteiger partial charge in [-0.25, -0.2) is 0 Å². The minimum atomic E-state index is -0.174. The molecule has 0 spiro atoms. The van der Waals surface area contributed by atoms with Crippen LogP contribution in [0.25, 0.3) is 0 Å². The summed E-state index contributed by atoms with van der Waals surface area (Å²) >= 11 is 6.02. The molecular weight excluding hydrogens is 286 g/mol. The van der Waals surface area contributed by atoms with Crippen LogP contribution in [0.5, 0.6) is 0 Å². The van der Waals surface area contributed by atoms with E-state index in [-0.39, 0.29) is 5.91 Å². The van der Waals surface area contributed by atoms with E-state index in [4.69, 9.17) is 16.3 Å². The molecule has 21 heavy (non-hydrogen) atoms. The summed E-state index contributed by atoms with van der Waals surface area (Å²) in [7, 11) is 0. The van der Waals surface area contributed by atoms with Crippen molar-refractivity contribution in [3.05, 3.63) is 70.2 Å². The van der Waals surface area contributed by atoms with Gasteiger partial charge in [0, 0.05) is 13.2 Å². The maximum absolute atomic E-state index is 12.1. The summed E-state index contributed by atoms with van der Waals surface area (Å²) in [5, 5.41) is 3.35. The van der Waals surface area contributed by atoms with Crippen LogP contribution in [0.2, 0.25) is 5.02 Å². The van der Waals surface area contributed by atoms with E-state index in [9.17, 15) is 4.79 Å². The zero-order valence-electron chi connectivity index (χ0n) is 11.9. The van der Waals surface area contributed by atoms with Crippen molar-refractivity contribution in [2.75, 3.05) is 6.61 Å². The lowest BCUT2D eigenvalue weighted by molar-refractivity contribution is 0.0950. The van der Waals surface area contributed by atoms with E-state index < -0.39 is 0 Å². The van der Waals surface area contributed by atoms with E-state index in [1.165, 1.54) is 0 Å². The van der Waals surface area contributed by atoms with Crippen molar-refractivity contribution in [3.63, 3.8) is 0 Å². The smallest absolute Gasteiger partial charge is 0.253 e. The summed E-state index contributed by atoms with van der Waals surface area (Å²) in [6.45, 7) is 3.63. The van der Waals surface area contributed by atoms with Crippen LogP contribution >= 0.6 is 11.6 Å². The van der Waals surface area contributed by atoms with Crippen LogP contribution in [0.3, 0.4) is 0 Å². The fourth-order valence-corrected chi connectivity index (χ4v) is 2.22. The molecule has 0 aliphatic carbocycles. The third-order valence-corrected chi connectivity index (χ3v) is 3.47. The fourth-order valence-electron chi connectivity index (χ4n) is 2.00. The Labute approximate surface area is 129 Å². The molecule has 4 heteroatoms. The van der Waals surface area contributed by atoms with Gasteiger partial charge in [-0.3, -0.25) is 4.79 Å². The lowest BCUT2D eigenvalue weighted by atomic mass is 10.1. The average Bonchev–Trinajstić information content (AvgIpc) is 2.52. The van der Waals surface area contributed by atoms with Crippen LogP contribution in [-0.4, -0.2) is 12.5 Å². The van der Waals surface area contributed by atoms with Crippen molar-refractivity contribution in [1.29, 1.82) is 0 Å². The van der Waals surface area contributed by atoms with E-state index in [0.717, 1.165) is 11.1 Å². The van der Waals surface area contributed by atoms with Gasteiger partial charge >= 0.3 is 0 Å². The number of nitrogens with one attached hydrogen (secondary N) is 1. The van der Waals surface area contributed by atoms with Crippen molar-refractivity contribution in [2.24, 2.45) is 0 Å². The number of hydrogen-bond acceptors (Lipinski definition) is 2. The van der Waals surface area contributed by atoms with Crippen LogP contribution < -0.4 is 5.32 Å². The van der Waals surface area contributed by atoms with Gasteiger partial charge in [0.25, 0.3) is 5.91 Å². The molecule has 0 aliphatic rings. The lowest BCUT2D eigenvalue weighted by Crippen LogP contribution is -2.23. The largest absolute Gasteiger partial charge is 0.377 e. The number of carbonyl (C=O) groups excluding carboxylic acids is 1. The number of hydrogen-bond donors (Lipinski definition) is 1. The third kappa shape index (κ3) is 4.31. The molecule has 0 bridgehead atoms. The van der Waals surface area contributed by atoms with Crippen molar-refractivity contribution < 1.29 is 9.53 Å². The molecule has 0 radical (unpaired) electrons. The Morgan fingerprint density at radius 1 is 1.10 bits per heavy atom. The molecule has 2 aromatic carbocycles. The summed E-state index contributed by atoms with van der Waals surface area (Å²) in [5.41, 5.74) is 2.62. The summed E-state index contributed by atoms with van der Waals surface area (Å²) in [4.78, 5) is 12.1. The SMILES string of the molecule is CCOCc1ccccc1CNC(=O)c1ccccc1Cl. The van der Waals surface area contributed by atoms with Gasteiger partial charge in [-0.05, 0) is 30.2 Å². The summed E-state index contributed by atoms with van der Waals surface area (Å²) in [6, 6.07) is 14.9. The van der Waals surface area contributed by atoms with Gasteiger partial charge in [-0.2, -0.15) is 0 Å². The summed E-state index contributed by atoms with van der Waals surface area (Å²) in [6.07, 6.45) is 0. The molecular formula is C17H18ClNO2. The molecule has 2 aromatic rings. The molecule has 0 saturated carbocycles. The van der Waals surface area contributed by atoms with Crippen LogP contribution in [0.15, 0.2) is 48.5 Å². The van der Waals surface area contributed by atoms with Crippen molar-refractivity contribution in [3.8, 4) is 0 Å². The fraction of sp³-hybridized carbons (Fsp3) is 0.235. The van der Waals surface area contributed by atoms with Gasteiger partial charge < -0.3 is 10.1 Å². The van der Waals surface area contributed by atoms with Crippen LogP contribution in [0, 0.1) is 0 Å². The average molecular weight is 304 g/mol. The van der Waals surface area contributed by atoms with E-state index >= 15 is 0 Å². The van der Waals surface area contributed by atoms with E-state index in [2.05, 4.69) is 5.32 Å². The van der Waals surface area contributed by atoms with E-state index in [1.54, 1.807) is 24.3 Å². The maximum atomic E-state index is 12.1. The van der Waals surface area contributed by atoms with Gasteiger partial charge in [0.05, 0.1) is 17.2 Å². The molecule has 0 heterocycles. The molecule has 110 valence electrons. The first kappa shape index (κ1) is 15.5. The highest BCUT2D eigenvalue weighted by Gasteiger charge is 2.10. The Kier molecular flexibility index (Phi) is 5.78. The number of amides is 1. The molecule has 0 aromatic heterocycles. The molecule has 1 N–H and O–H groups in total. The Balaban J connectivity index is 2.03. The number of rotatable bonds is 6. The van der Waals surface area contributed by atoms with Gasteiger partial charge in [0.15, 0.2) is 0 Å². The molecule has 0 fully saturated rings. The summed E-state index contributed by atoms with van der Waals surface area (Å²) in [5.74, 6) is -0.174. The molecule has 3 nitrogen and oxygen atoms in total. The second kappa shape index (κ2) is 7.81. The predicted octanol–water partition coefficient (Wildman–Crippen LogP) is 3.81. The molecule has 0 unspecified atom stereocenters. The standard InChI is InChI=1S/C17H18ClNO2/c1-2-21-12-14-8-4-3-7-13(14)11-19-17(20)15-9-5-6-10-16(15)18/h3-10H,2,11-12H2,1H3,(H,19,20). The number of halogens is 1. The zero-order valence-corrected chi connectivity index (χ0v) is 12.7. The topological polar surface area (TPSA) is 38.3 Å². The second-order valence-corrected chi connectivity index (χ2v) is 4.98. The highest BCUT2D eigenvalue weighted by atomic mass is 35.5. The minimum Gasteiger partial charge on any atom is -0.377 e. The van der Waals surface area contributed by atoms with E-state index in [0.29, 0.717) is 30.3 Å². The van der Waals surface area contributed by atoms with Crippen molar-refractivity contribution in [1.82, 2.24) is 5.32 Å². The number of benzene rings is 2. The molecule has 0 atom stereocenters. The van der Waals surface area contributed by atoms with Gasteiger partial charge in [0.1, 0.15) is 0 Å². The highest BCUT2D eigenvalue weighted by molar-refractivity contribution is 6.33. The quantitative estimate of drug-likeness (QED) is 0.881. The summed E-state index contributed by atoms with van der Waals surface area (Å²) < 4.78 is 5.44. The third-order valence-electron chi connectivity index (χ3n) is 3.14. The second-order valence-electron chi connectivity index (χ2n) is 4.57. The highest BCUT2D eigenvalue weighted by Crippen LogP contribution is 2.15. The molecule has 0 aliphatic heterocycles. The van der Waals surface area contributed by atoms with Crippen molar-refractivity contribution >= 4 is 17.5 Å². The van der Waals surface area contributed by atoms with E-state index in [1.807, 2.05) is 31.2 Å². The Morgan fingerprint density at radius 2 is 1.76 bits per heavy atom. The monoisotopic (exact) mass is 303 g/mol.